The fourth-order valence-corrected chi connectivity index (χ4v) is 2.63. The minimum absolute atomic E-state index is 0.00464. The lowest BCUT2D eigenvalue weighted by atomic mass is 10.1. The number of benzene rings is 1. The third-order valence-corrected chi connectivity index (χ3v) is 3.77. The number of hydrogen-bond donors (Lipinski definition) is 2. The minimum atomic E-state index is -1.29. The second kappa shape index (κ2) is 7.44. The molecule has 1 heterocycles. The summed E-state index contributed by atoms with van der Waals surface area (Å²) < 4.78 is 32.6. The Morgan fingerprint density at radius 2 is 2.04 bits per heavy atom. The molecule has 1 aromatic rings. The fourth-order valence-electron chi connectivity index (χ4n) is 2.63. The smallest absolute Gasteiger partial charge is 0.410 e. The van der Waals surface area contributed by atoms with Gasteiger partial charge in [0.05, 0.1) is 11.7 Å². The molecule has 0 saturated carbocycles. The molecule has 2 atom stereocenters. The van der Waals surface area contributed by atoms with Crippen molar-refractivity contribution in [2.24, 2.45) is 0 Å². The molecule has 1 saturated heterocycles. The fraction of sp³-hybridized carbons (Fsp3) is 0.588. The molecule has 0 aromatic heterocycles. The van der Waals surface area contributed by atoms with Gasteiger partial charge in [-0.15, -0.1) is 0 Å². The van der Waals surface area contributed by atoms with Crippen LogP contribution in [0.25, 0.3) is 0 Å². The normalized spacial score (nSPS) is 19.4. The van der Waals surface area contributed by atoms with Gasteiger partial charge in [-0.3, -0.25) is 0 Å². The van der Waals surface area contributed by atoms with Crippen LogP contribution in [-0.2, 0) is 4.74 Å². The quantitative estimate of drug-likeness (QED) is 0.883. The Balaban J connectivity index is 1.85. The topological polar surface area (TPSA) is 61.8 Å². The molecule has 2 N–H and O–H groups in total. The maximum absolute atomic E-state index is 13.6. The number of ether oxygens (including phenoxy) is 1. The average Bonchev–Trinajstić information content (AvgIpc) is 2.92. The van der Waals surface area contributed by atoms with Crippen LogP contribution in [0.1, 0.15) is 38.9 Å². The molecule has 0 spiro atoms. The van der Waals surface area contributed by atoms with Crippen LogP contribution in [0.3, 0.4) is 0 Å². The zero-order chi connectivity index (χ0) is 17.9. The highest BCUT2D eigenvalue weighted by molar-refractivity contribution is 5.68. The number of nitrogens with zero attached hydrogens (tertiary/aromatic N) is 1. The Hall–Kier alpha value is -1.73. The van der Waals surface area contributed by atoms with E-state index in [1.807, 2.05) is 0 Å². The van der Waals surface area contributed by atoms with E-state index >= 15 is 0 Å². The van der Waals surface area contributed by atoms with Gasteiger partial charge in [0.15, 0.2) is 0 Å². The lowest BCUT2D eigenvalue weighted by molar-refractivity contribution is 0.0290. The highest BCUT2D eigenvalue weighted by Gasteiger charge is 2.30. The molecule has 0 radical (unpaired) electrons. The molecule has 2 rings (SSSR count). The summed E-state index contributed by atoms with van der Waals surface area (Å²) in [5, 5.41) is 13.1. The van der Waals surface area contributed by atoms with Gasteiger partial charge in [0.1, 0.15) is 17.2 Å². The van der Waals surface area contributed by atoms with Gasteiger partial charge >= 0.3 is 6.09 Å². The lowest BCUT2D eigenvalue weighted by Crippen LogP contribution is -2.39. The first-order valence-electron chi connectivity index (χ1n) is 8.00. The van der Waals surface area contributed by atoms with E-state index in [2.05, 4.69) is 5.32 Å². The van der Waals surface area contributed by atoms with Gasteiger partial charge in [0.25, 0.3) is 0 Å². The van der Waals surface area contributed by atoms with Crippen LogP contribution in [0.4, 0.5) is 13.6 Å². The van der Waals surface area contributed by atoms with Gasteiger partial charge in [-0.25, -0.2) is 13.6 Å². The molecule has 1 aliphatic rings. The first-order chi connectivity index (χ1) is 11.2. The molecule has 1 aliphatic heterocycles. The maximum Gasteiger partial charge on any atom is 0.410 e. The summed E-state index contributed by atoms with van der Waals surface area (Å²) in [7, 11) is 0. The zero-order valence-corrected chi connectivity index (χ0v) is 14.2. The highest BCUT2D eigenvalue weighted by Crippen LogP contribution is 2.21. The van der Waals surface area contributed by atoms with Crippen molar-refractivity contribution < 1.29 is 23.4 Å². The predicted octanol–water partition coefficient (Wildman–Crippen LogP) is 2.60. The first-order valence-corrected chi connectivity index (χ1v) is 8.00. The zero-order valence-electron chi connectivity index (χ0n) is 14.2. The van der Waals surface area contributed by atoms with Crippen LogP contribution in [0.5, 0.6) is 0 Å². The summed E-state index contributed by atoms with van der Waals surface area (Å²) in [5.41, 5.74) is -0.895. The number of aliphatic hydroxyl groups excluding tert-OH is 1. The summed E-state index contributed by atoms with van der Waals surface area (Å²) in [6.45, 7) is 6.38. The predicted molar refractivity (Wildman–Crippen MR) is 85.5 cm³/mol. The van der Waals surface area contributed by atoms with Crippen molar-refractivity contribution in [3.05, 3.63) is 35.4 Å². The van der Waals surface area contributed by atoms with Crippen LogP contribution >= 0.6 is 0 Å². The third kappa shape index (κ3) is 4.88. The number of rotatable bonds is 4. The van der Waals surface area contributed by atoms with Crippen LogP contribution in [-0.4, -0.2) is 47.4 Å². The summed E-state index contributed by atoms with van der Waals surface area (Å²) >= 11 is 0. The summed E-state index contributed by atoms with van der Waals surface area (Å²) in [6.07, 6.45) is -0.986. The van der Waals surface area contributed by atoms with Crippen molar-refractivity contribution in [3.8, 4) is 0 Å². The Labute approximate surface area is 140 Å². The second-order valence-corrected chi connectivity index (χ2v) is 6.97. The number of carbonyl (C=O) groups is 1. The van der Waals surface area contributed by atoms with E-state index in [4.69, 9.17) is 4.74 Å². The summed E-state index contributed by atoms with van der Waals surface area (Å²) in [5.74, 6) is -1.54. The molecule has 0 unspecified atom stereocenters. The molecular formula is C17H24F2N2O3. The van der Waals surface area contributed by atoms with Gasteiger partial charge in [-0.2, -0.15) is 0 Å². The number of halogens is 2. The van der Waals surface area contributed by atoms with Crippen molar-refractivity contribution >= 4 is 6.09 Å². The first kappa shape index (κ1) is 18.6. The van der Waals surface area contributed by atoms with E-state index in [0.717, 1.165) is 12.1 Å². The largest absolute Gasteiger partial charge is 0.444 e. The van der Waals surface area contributed by atoms with Crippen molar-refractivity contribution in [1.29, 1.82) is 0 Å². The van der Waals surface area contributed by atoms with Gasteiger partial charge in [-0.05, 0) is 39.3 Å². The van der Waals surface area contributed by atoms with Crippen molar-refractivity contribution in [1.82, 2.24) is 10.2 Å². The number of aliphatic hydroxyl groups is 1. The van der Waals surface area contributed by atoms with Crippen LogP contribution in [0, 0.1) is 11.6 Å². The number of amides is 1. The van der Waals surface area contributed by atoms with E-state index in [1.54, 1.807) is 25.7 Å². The molecule has 0 bridgehead atoms. The Kier molecular flexibility index (Phi) is 5.77. The lowest BCUT2D eigenvalue weighted by Gasteiger charge is -2.24. The van der Waals surface area contributed by atoms with E-state index in [-0.39, 0.29) is 24.2 Å². The molecule has 0 aliphatic carbocycles. The number of nitrogens with one attached hydrogen (secondary N) is 1. The van der Waals surface area contributed by atoms with Gasteiger partial charge in [0, 0.05) is 25.7 Å². The molecule has 1 aromatic carbocycles. The van der Waals surface area contributed by atoms with E-state index in [9.17, 15) is 18.7 Å². The Morgan fingerprint density at radius 3 is 2.62 bits per heavy atom. The average molecular weight is 342 g/mol. The van der Waals surface area contributed by atoms with Gasteiger partial charge < -0.3 is 20.1 Å². The van der Waals surface area contributed by atoms with Crippen molar-refractivity contribution in [2.45, 2.75) is 44.9 Å². The molecule has 7 heteroatoms. The second-order valence-electron chi connectivity index (χ2n) is 6.97. The molecular weight excluding hydrogens is 318 g/mol. The Bertz CT molecular complexity index is 569. The third-order valence-electron chi connectivity index (χ3n) is 3.77. The Morgan fingerprint density at radius 1 is 1.42 bits per heavy atom. The van der Waals surface area contributed by atoms with E-state index < -0.39 is 23.3 Å². The van der Waals surface area contributed by atoms with E-state index in [0.29, 0.717) is 19.5 Å². The van der Waals surface area contributed by atoms with Crippen LogP contribution in [0.15, 0.2) is 18.2 Å². The molecule has 1 fully saturated rings. The number of carbonyl (C=O) groups excluding carboxylic acids is 1. The molecule has 5 nitrogen and oxygen atoms in total. The van der Waals surface area contributed by atoms with Gasteiger partial charge in [-0.1, -0.05) is 6.07 Å². The highest BCUT2D eigenvalue weighted by atomic mass is 19.1. The standard InChI is InChI=1S/C17H24F2N2O3/c1-17(2,3)24-16(23)21-8-7-11(10-21)20-9-14(22)15-12(18)5-4-6-13(15)19/h4-6,11,14,20,22H,7-10H2,1-3H3/t11-,14+/m0/s1. The monoisotopic (exact) mass is 342 g/mol. The summed E-state index contributed by atoms with van der Waals surface area (Å²) in [4.78, 5) is 13.6. The SMILES string of the molecule is CC(C)(C)OC(=O)N1CC[C@H](NC[C@@H](O)c2c(F)cccc2F)C1. The molecule has 24 heavy (non-hydrogen) atoms. The summed E-state index contributed by atoms with van der Waals surface area (Å²) in [6, 6.07) is 3.43. The van der Waals surface area contributed by atoms with Crippen LogP contribution in [0.2, 0.25) is 0 Å². The van der Waals surface area contributed by atoms with Crippen molar-refractivity contribution in [2.75, 3.05) is 19.6 Å². The van der Waals surface area contributed by atoms with Gasteiger partial charge in [0.2, 0.25) is 0 Å². The maximum atomic E-state index is 13.6. The minimum Gasteiger partial charge on any atom is -0.444 e. The number of likely N-dealkylation sites (tertiary alicyclic amines) is 1. The van der Waals surface area contributed by atoms with E-state index in [1.165, 1.54) is 6.07 Å². The molecule has 1 amide bonds. The number of hydrogen-bond acceptors (Lipinski definition) is 4. The molecule has 134 valence electrons. The van der Waals surface area contributed by atoms with Crippen LogP contribution < -0.4 is 5.32 Å². The van der Waals surface area contributed by atoms with Crippen molar-refractivity contribution in [3.63, 3.8) is 0 Å².